The van der Waals surface area contributed by atoms with Crippen molar-refractivity contribution >= 4 is 5.91 Å². The van der Waals surface area contributed by atoms with E-state index in [2.05, 4.69) is 25.7 Å². The smallest absolute Gasteiger partial charge is 0.231 e. The SMILES string of the molecule is CC(C)(C)C1CN(CC(N)=O)C1. The zero-order chi connectivity index (χ0) is 9.35. The standard InChI is InChI=1S/C9H18N2O/c1-9(2,3)7-4-11(5-7)6-8(10)12/h7H,4-6H2,1-3H3,(H2,10,12). The molecule has 0 spiro atoms. The summed E-state index contributed by atoms with van der Waals surface area (Å²) in [5.41, 5.74) is 5.45. The van der Waals surface area contributed by atoms with Gasteiger partial charge in [-0.25, -0.2) is 0 Å². The number of carbonyl (C=O) groups is 1. The second kappa shape index (κ2) is 3.05. The third-order valence-corrected chi connectivity index (χ3v) is 2.56. The first-order chi connectivity index (χ1) is 5.39. The van der Waals surface area contributed by atoms with Gasteiger partial charge in [0.1, 0.15) is 0 Å². The third-order valence-electron chi connectivity index (χ3n) is 2.56. The molecule has 1 fully saturated rings. The van der Waals surface area contributed by atoms with Crippen LogP contribution in [0.2, 0.25) is 0 Å². The predicted octanol–water partition coefficient (Wildman–Crippen LogP) is 0.450. The van der Waals surface area contributed by atoms with Gasteiger partial charge in [-0.15, -0.1) is 0 Å². The highest BCUT2D eigenvalue weighted by atomic mass is 16.1. The monoisotopic (exact) mass is 170 g/mol. The van der Waals surface area contributed by atoms with Gasteiger partial charge in [0.15, 0.2) is 0 Å². The van der Waals surface area contributed by atoms with E-state index in [0.717, 1.165) is 19.0 Å². The molecule has 70 valence electrons. The van der Waals surface area contributed by atoms with Crippen LogP contribution in [0.5, 0.6) is 0 Å². The minimum atomic E-state index is -0.220. The van der Waals surface area contributed by atoms with Gasteiger partial charge in [0.25, 0.3) is 0 Å². The lowest BCUT2D eigenvalue weighted by Crippen LogP contribution is -2.54. The molecular weight excluding hydrogens is 152 g/mol. The lowest BCUT2D eigenvalue weighted by Gasteiger charge is -2.45. The van der Waals surface area contributed by atoms with Gasteiger partial charge >= 0.3 is 0 Å². The number of nitrogens with two attached hydrogens (primary N) is 1. The molecule has 3 nitrogen and oxygen atoms in total. The third kappa shape index (κ3) is 2.21. The number of nitrogens with zero attached hydrogens (tertiary/aromatic N) is 1. The minimum absolute atomic E-state index is 0.220. The maximum absolute atomic E-state index is 10.5. The van der Waals surface area contributed by atoms with Crippen molar-refractivity contribution in [3.63, 3.8) is 0 Å². The van der Waals surface area contributed by atoms with E-state index >= 15 is 0 Å². The van der Waals surface area contributed by atoms with E-state index in [1.807, 2.05) is 0 Å². The Hall–Kier alpha value is -0.570. The summed E-state index contributed by atoms with van der Waals surface area (Å²) in [6, 6.07) is 0. The predicted molar refractivity (Wildman–Crippen MR) is 48.6 cm³/mol. The highest BCUT2D eigenvalue weighted by molar-refractivity contribution is 5.76. The van der Waals surface area contributed by atoms with Crippen LogP contribution in [0.1, 0.15) is 20.8 Å². The maximum atomic E-state index is 10.5. The van der Waals surface area contributed by atoms with Gasteiger partial charge in [-0.05, 0) is 11.3 Å². The fourth-order valence-corrected chi connectivity index (χ4v) is 1.47. The molecule has 1 rings (SSSR count). The summed E-state index contributed by atoms with van der Waals surface area (Å²) >= 11 is 0. The van der Waals surface area contributed by atoms with Crippen LogP contribution >= 0.6 is 0 Å². The van der Waals surface area contributed by atoms with Gasteiger partial charge in [0.2, 0.25) is 5.91 Å². The van der Waals surface area contributed by atoms with E-state index in [1.54, 1.807) is 0 Å². The molecule has 0 aromatic rings. The normalized spacial score (nSPS) is 20.6. The molecule has 1 aliphatic heterocycles. The van der Waals surface area contributed by atoms with E-state index in [0.29, 0.717) is 12.0 Å². The molecule has 0 saturated carbocycles. The van der Waals surface area contributed by atoms with Crippen LogP contribution in [0.4, 0.5) is 0 Å². The van der Waals surface area contributed by atoms with Crippen molar-refractivity contribution in [2.75, 3.05) is 19.6 Å². The molecule has 1 heterocycles. The van der Waals surface area contributed by atoms with E-state index in [-0.39, 0.29) is 5.91 Å². The summed E-state index contributed by atoms with van der Waals surface area (Å²) in [6.45, 7) is 9.17. The molecule has 0 aromatic carbocycles. The van der Waals surface area contributed by atoms with Crippen LogP contribution in [-0.4, -0.2) is 30.4 Å². The van der Waals surface area contributed by atoms with E-state index in [4.69, 9.17) is 5.73 Å². The fraction of sp³-hybridized carbons (Fsp3) is 0.889. The highest BCUT2D eigenvalue weighted by Gasteiger charge is 2.35. The van der Waals surface area contributed by atoms with Gasteiger partial charge in [-0.2, -0.15) is 0 Å². The molecule has 1 aliphatic rings. The Kier molecular flexibility index (Phi) is 2.42. The van der Waals surface area contributed by atoms with Crippen molar-refractivity contribution in [2.24, 2.45) is 17.1 Å². The quantitative estimate of drug-likeness (QED) is 0.654. The van der Waals surface area contributed by atoms with E-state index in [9.17, 15) is 4.79 Å². The van der Waals surface area contributed by atoms with Crippen LogP contribution < -0.4 is 5.73 Å². The van der Waals surface area contributed by atoms with Gasteiger partial charge in [0.05, 0.1) is 6.54 Å². The summed E-state index contributed by atoms with van der Waals surface area (Å²) in [5.74, 6) is 0.499. The molecular formula is C9H18N2O. The number of likely N-dealkylation sites (tertiary alicyclic amines) is 1. The van der Waals surface area contributed by atoms with Crippen molar-refractivity contribution in [3.8, 4) is 0 Å². The van der Waals surface area contributed by atoms with Crippen molar-refractivity contribution in [1.29, 1.82) is 0 Å². The first kappa shape index (κ1) is 9.52. The molecule has 0 atom stereocenters. The van der Waals surface area contributed by atoms with E-state index in [1.165, 1.54) is 0 Å². The Bertz CT molecular complexity index is 177. The highest BCUT2D eigenvalue weighted by Crippen LogP contribution is 2.32. The van der Waals surface area contributed by atoms with Crippen molar-refractivity contribution in [1.82, 2.24) is 4.90 Å². The van der Waals surface area contributed by atoms with Crippen molar-refractivity contribution < 1.29 is 4.79 Å². The second-order valence-corrected chi connectivity index (χ2v) is 4.72. The number of rotatable bonds is 2. The molecule has 1 saturated heterocycles. The van der Waals surface area contributed by atoms with Gasteiger partial charge in [-0.3, -0.25) is 9.69 Å². The van der Waals surface area contributed by atoms with Gasteiger partial charge in [-0.1, -0.05) is 20.8 Å². The zero-order valence-corrected chi connectivity index (χ0v) is 8.13. The molecule has 0 aliphatic carbocycles. The number of primary amides is 1. The Morgan fingerprint density at radius 3 is 2.33 bits per heavy atom. The Balaban J connectivity index is 2.25. The topological polar surface area (TPSA) is 46.3 Å². The lowest BCUT2D eigenvalue weighted by atomic mass is 9.76. The Morgan fingerprint density at radius 2 is 2.00 bits per heavy atom. The van der Waals surface area contributed by atoms with Crippen LogP contribution in [0.25, 0.3) is 0 Å². The maximum Gasteiger partial charge on any atom is 0.231 e. The number of amides is 1. The molecule has 0 aromatic heterocycles. The van der Waals surface area contributed by atoms with Gasteiger partial charge in [0, 0.05) is 13.1 Å². The molecule has 12 heavy (non-hydrogen) atoms. The lowest BCUT2D eigenvalue weighted by molar-refractivity contribution is -0.121. The minimum Gasteiger partial charge on any atom is -0.369 e. The number of carbonyl (C=O) groups excluding carboxylic acids is 1. The average Bonchev–Trinajstić information content (AvgIpc) is 1.73. The molecule has 0 radical (unpaired) electrons. The van der Waals surface area contributed by atoms with Crippen molar-refractivity contribution in [3.05, 3.63) is 0 Å². The first-order valence-corrected chi connectivity index (χ1v) is 4.40. The van der Waals surface area contributed by atoms with Crippen LogP contribution in [0, 0.1) is 11.3 Å². The first-order valence-electron chi connectivity index (χ1n) is 4.40. The molecule has 1 amide bonds. The summed E-state index contributed by atoms with van der Waals surface area (Å²) in [4.78, 5) is 12.6. The summed E-state index contributed by atoms with van der Waals surface area (Å²) in [6.07, 6.45) is 0. The molecule has 2 N–H and O–H groups in total. The summed E-state index contributed by atoms with van der Waals surface area (Å²) < 4.78 is 0. The zero-order valence-electron chi connectivity index (χ0n) is 8.13. The Labute approximate surface area is 73.9 Å². The fourth-order valence-electron chi connectivity index (χ4n) is 1.47. The number of hydrogen-bond acceptors (Lipinski definition) is 2. The largest absolute Gasteiger partial charge is 0.369 e. The average molecular weight is 170 g/mol. The van der Waals surface area contributed by atoms with Crippen molar-refractivity contribution in [2.45, 2.75) is 20.8 Å². The second-order valence-electron chi connectivity index (χ2n) is 4.72. The summed E-state index contributed by atoms with van der Waals surface area (Å²) in [7, 11) is 0. The van der Waals surface area contributed by atoms with Crippen LogP contribution in [-0.2, 0) is 4.79 Å². The molecule has 3 heteroatoms. The molecule has 0 bridgehead atoms. The summed E-state index contributed by atoms with van der Waals surface area (Å²) in [5, 5.41) is 0. The molecule has 0 unspecified atom stereocenters. The van der Waals surface area contributed by atoms with Gasteiger partial charge < -0.3 is 5.73 Å². The Morgan fingerprint density at radius 1 is 1.50 bits per heavy atom. The van der Waals surface area contributed by atoms with Crippen LogP contribution in [0.15, 0.2) is 0 Å². The van der Waals surface area contributed by atoms with E-state index < -0.39 is 0 Å². The number of hydrogen-bond donors (Lipinski definition) is 1. The van der Waals surface area contributed by atoms with Crippen LogP contribution in [0.3, 0.4) is 0 Å².